The number of aromatic amines is 1. The normalized spacial score (nSPS) is 10.7. The summed E-state index contributed by atoms with van der Waals surface area (Å²) in [6.07, 6.45) is 0. The first-order valence-electron chi connectivity index (χ1n) is 5.80. The number of hydrogen-bond acceptors (Lipinski definition) is 3. The van der Waals surface area contributed by atoms with Crippen LogP contribution in [0.15, 0.2) is 53.3 Å². The van der Waals surface area contributed by atoms with Gasteiger partial charge in [0, 0.05) is 17.1 Å². The molecule has 0 radical (unpaired) electrons. The number of benzene rings is 2. The molecule has 0 unspecified atom stereocenters. The van der Waals surface area contributed by atoms with Gasteiger partial charge in [-0.1, -0.05) is 30.3 Å². The van der Waals surface area contributed by atoms with E-state index in [-0.39, 0.29) is 22.4 Å². The van der Waals surface area contributed by atoms with E-state index in [1.54, 1.807) is 0 Å². The SMILES string of the molecule is O=c1cc(-c2ccccc2)[nH]c2c(O)c(O)ccc12. The Hall–Kier alpha value is -2.75. The number of aromatic nitrogens is 1. The third-order valence-corrected chi connectivity index (χ3v) is 3.04. The standard InChI is InChI=1S/C15H11NO3/c17-12-7-6-10-13(18)8-11(16-14(10)15(12)19)9-4-2-1-3-5-9/h1-8,17,19H,(H,16,18). The summed E-state index contributed by atoms with van der Waals surface area (Å²) >= 11 is 0. The van der Waals surface area contributed by atoms with E-state index < -0.39 is 0 Å². The lowest BCUT2D eigenvalue weighted by molar-refractivity contribution is 0.407. The molecule has 0 aliphatic heterocycles. The summed E-state index contributed by atoms with van der Waals surface area (Å²) in [4.78, 5) is 15.0. The first-order valence-corrected chi connectivity index (χ1v) is 5.80. The molecule has 3 N–H and O–H groups in total. The summed E-state index contributed by atoms with van der Waals surface area (Å²) in [6, 6.07) is 13.6. The predicted octanol–water partition coefficient (Wildman–Crippen LogP) is 2.61. The molecule has 1 heterocycles. The first kappa shape index (κ1) is 11.3. The highest BCUT2D eigenvalue weighted by Gasteiger charge is 2.10. The Morgan fingerprint density at radius 1 is 0.947 bits per heavy atom. The maximum absolute atomic E-state index is 12.0. The minimum absolute atomic E-state index is 0.206. The molecule has 3 aromatic rings. The molecule has 2 aromatic carbocycles. The zero-order chi connectivity index (χ0) is 13.4. The molecule has 3 rings (SSSR count). The van der Waals surface area contributed by atoms with Crippen LogP contribution in [0, 0.1) is 0 Å². The Labute approximate surface area is 108 Å². The average Bonchev–Trinajstić information content (AvgIpc) is 2.44. The minimum Gasteiger partial charge on any atom is -0.504 e. The number of pyridine rings is 1. The topological polar surface area (TPSA) is 73.3 Å². The fourth-order valence-electron chi connectivity index (χ4n) is 2.06. The summed E-state index contributed by atoms with van der Waals surface area (Å²) < 4.78 is 0. The van der Waals surface area contributed by atoms with E-state index in [2.05, 4.69) is 4.98 Å². The number of phenolic OH excluding ortho intramolecular Hbond substituents is 2. The van der Waals surface area contributed by atoms with Crippen LogP contribution in [0.4, 0.5) is 0 Å². The lowest BCUT2D eigenvalue weighted by Crippen LogP contribution is -2.02. The van der Waals surface area contributed by atoms with E-state index in [1.165, 1.54) is 18.2 Å². The fraction of sp³-hybridized carbons (Fsp3) is 0. The second-order valence-corrected chi connectivity index (χ2v) is 4.27. The molecule has 0 saturated heterocycles. The molecule has 94 valence electrons. The molecule has 4 nitrogen and oxygen atoms in total. The zero-order valence-electron chi connectivity index (χ0n) is 9.92. The van der Waals surface area contributed by atoms with Crippen molar-refractivity contribution in [1.82, 2.24) is 4.98 Å². The van der Waals surface area contributed by atoms with Crippen molar-refractivity contribution in [2.24, 2.45) is 0 Å². The first-order chi connectivity index (χ1) is 9.16. The van der Waals surface area contributed by atoms with Crippen LogP contribution in [0.5, 0.6) is 11.5 Å². The van der Waals surface area contributed by atoms with Crippen LogP contribution in [-0.4, -0.2) is 15.2 Å². The molecular weight excluding hydrogens is 242 g/mol. The molecule has 0 aliphatic carbocycles. The Morgan fingerprint density at radius 2 is 1.68 bits per heavy atom. The van der Waals surface area contributed by atoms with Gasteiger partial charge in [0.2, 0.25) is 0 Å². The van der Waals surface area contributed by atoms with Crippen molar-refractivity contribution < 1.29 is 10.2 Å². The average molecular weight is 253 g/mol. The van der Waals surface area contributed by atoms with E-state index in [0.29, 0.717) is 11.1 Å². The molecule has 0 spiro atoms. The Morgan fingerprint density at radius 3 is 2.42 bits per heavy atom. The van der Waals surface area contributed by atoms with Gasteiger partial charge in [0.05, 0.1) is 5.52 Å². The van der Waals surface area contributed by atoms with E-state index in [0.717, 1.165) is 5.56 Å². The van der Waals surface area contributed by atoms with Gasteiger partial charge in [-0.3, -0.25) is 4.79 Å². The number of fused-ring (bicyclic) bond motifs is 1. The quantitative estimate of drug-likeness (QED) is 0.584. The summed E-state index contributed by atoms with van der Waals surface area (Å²) in [6.45, 7) is 0. The van der Waals surface area contributed by atoms with Gasteiger partial charge in [-0.05, 0) is 17.7 Å². The minimum atomic E-state index is -0.313. The van der Waals surface area contributed by atoms with Crippen LogP contribution < -0.4 is 5.43 Å². The second kappa shape index (κ2) is 4.17. The molecule has 4 heteroatoms. The number of phenols is 2. The molecule has 0 saturated carbocycles. The maximum Gasteiger partial charge on any atom is 0.190 e. The third-order valence-electron chi connectivity index (χ3n) is 3.04. The maximum atomic E-state index is 12.0. The second-order valence-electron chi connectivity index (χ2n) is 4.27. The van der Waals surface area contributed by atoms with Gasteiger partial charge in [0.15, 0.2) is 16.9 Å². The number of H-pyrrole nitrogens is 1. The Bertz CT molecular complexity index is 807. The van der Waals surface area contributed by atoms with Crippen molar-refractivity contribution in [2.45, 2.75) is 0 Å². The van der Waals surface area contributed by atoms with E-state index in [1.807, 2.05) is 30.3 Å². The van der Waals surface area contributed by atoms with Crippen molar-refractivity contribution in [3.05, 3.63) is 58.8 Å². The van der Waals surface area contributed by atoms with Crippen molar-refractivity contribution in [3.8, 4) is 22.8 Å². The van der Waals surface area contributed by atoms with Gasteiger partial charge >= 0.3 is 0 Å². The number of hydrogen-bond donors (Lipinski definition) is 3. The fourth-order valence-corrected chi connectivity index (χ4v) is 2.06. The van der Waals surface area contributed by atoms with Crippen LogP contribution in [0.2, 0.25) is 0 Å². The molecular formula is C15H11NO3. The molecule has 0 bridgehead atoms. The van der Waals surface area contributed by atoms with Crippen LogP contribution in [0.3, 0.4) is 0 Å². The molecule has 19 heavy (non-hydrogen) atoms. The summed E-state index contributed by atoms with van der Waals surface area (Å²) in [5.41, 5.74) is 1.47. The van der Waals surface area contributed by atoms with Gasteiger partial charge in [0.25, 0.3) is 0 Å². The van der Waals surface area contributed by atoms with Crippen LogP contribution in [0.1, 0.15) is 0 Å². The van der Waals surface area contributed by atoms with Crippen LogP contribution in [-0.2, 0) is 0 Å². The molecule has 0 atom stereocenters. The van der Waals surface area contributed by atoms with Crippen molar-refractivity contribution in [1.29, 1.82) is 0 Å². The van der Waals surface area contributed by atoms with Crippen molar-refractivity contribution >= 4 is 10.9 Å². The van der Waals surface area contributed by atoms with Gasteiger partial charge < -0.3 is 15.2 Å². The zero-order valence-corrected chi connectivity index (χ0v) is 9.92. The molecule has 0 aliphatic rings. The Kier molecular flexibility index (Phi) is 2.49. The lowest BCUT2D eigenvalue weighted by atomic mass is 10.1. The van der Waals surface area contributed by atoms with E-state index in [4.69, 9.17) is 0 Å². The van der Waals surface area contributed by atoms with Gasteiger partial charge in [-0.15, -0.1) is 0 Å². The van der Waals surface area contributed by atoms with E-state index >= 15 is 0 Å². The lowest BCUT2D eigenvalue weighted by Gasteiger charge is -2.07. The van der Waals surface area contributed by atoms with E-state index in [9.17, 15) is 15.0 Å². The smallest absolute Gasteiger partial charge is 0.190 e. The van der Waals surface area contributed by atoms with Gasteiger partial charge in [-0.2, -0.15) is 0 Å². The predicted molar refractivity (Wildman–Crippen MR) is 73.3 cm³/mol. The summed E-state index contributed by atoms with van der Waals surface area (Å²) in [5.74, 6) is -0.569. The number of aromatic hydroxyl groups is 2. The summed E-state index contributed by atoms with van der Waals surface area (Å²) in [5, 5.41) is 19.7. The van der Waals surface area contributed by atoms with Gasteiger partial charge in [-0.25, -0.2) is 0 Å². The van der Waals surface area contributed by atoms with Gasteiger partial charge in [0.1, 0.15) is 0 Å². The van der Waals surface area contributed by atoms with Crippen LogP contribution >= 0.6 is 0 Å². The highest BCUT2D eigenvalue weighted by Crippen LogP contribution is 2.31. The third kappa shape index (κ3) is 1.83. The molecule has 0 fully saturated rings. The Balaban J connectivity index is 2.36. The highest BCUT2D eigenvalue weighted by atomic mass is 16.3. The number of nitrogens with one attached hydrogen (secondary N) is 1. The molecule has 1 aromatic heterocycles. The van der Waals surface area contributed by atoms with Crippen molar-refractivity contribution in [3.63, 3.8) is 0 Å². The highest BCUT2D eigenvalue weighted by molar-refractivity contribution is 5.88. The van der Waals surface area contributed by atoms with Crippen molar-refractivity contribution in [2.75, 3.05) is 0 Å². The number of rotatable bonds is 1. The van der Waals surface area contributed by atoms with Crippen LogP contribution in [0.25, 0.3) is 22.2 Å². The summed E-state index contributed by atoms with van der Waals surface area (Å²) in [7, 11) is 0. The molecule has 0 amide bonds. The largest absolute Gasteiger partial charge is 0.504 e. The monoisotopic (exact) mass is 253 g/mol.